The zero-order chi connectivity index (χ0) is 13.4. The van der Waals surface area contributed by atoms with Gasteiger partial charge in [-0.2, -0.15) is 0 Å². The maximum atomic E-state index is 5.42. The zero-order valence-electron chi connectivity index (χ0n) is 12.8. The highest BCUT2D eigenvalue weighted by molar-refractivity contribution is 6.08. The highest BCUT2D eigenvalue weighted by atomic mass is 35.5. The number of hydrogen-bond donors (Lipinski definition) is 0. The van der Waals surface area contributed by atoms with E-state index in [1.165, 1.54) is 29.3 Å². The Kier molecular flexibility index (Phi) is 11.7. The molecule has 0 aromatic carbocycles. The van der Waals surface area contributed by atoms with Crippen molar-refractivity contribution >= 4 is 10.2 Å². The molecule has 18 heavy (non-hydrogen) atoms. The fourth-order valence-corrected chi connectivity index (χ4v) is 2.51. The standard InChI is InChI=1S/C12H30NO3Si.ClH/c1-6-13(7-2,9-8-10-17)11-12(14-3,15-4)16-5;/h6-11H2,1-5,17H3;1H/q+1;/p-1. The van der Waals surface area contributed by atoms with E-state index in [4.69, 9.17) is 14.2 Å². The normalized spacial score (nSPS) is 12.5. The first-order chi connectivity index (χ1) is 8.07. The van der Waals surface area contributed by atoms with E-state index in [2.05, 4.69) is 13.8 Å². The fraction of sp³-hybridized carbons (Fsp3) is 1.00. The van der Waals surface area contributed by atoms with Gasteiger partial charge in [-0.15, -0.1) is 0 Å². The fourth-order valence-electron chi connectivity index (χ4n) is 2.19. The second-order valence-electron chi connectivity index (χ2n) is 4.50. The minimum atomic E-state index is -0.906. The summed E-state index contributed by atoms with van der Waals surface area (Å²) < 4.78 is 17.3. The maximum Gasteiger partial charge on any atom is 0.334 e. The van der Waals surface area contributed by atoms with Crippen LogP contribution in [0.5, 0.6) is 0 Å². The first-order valence-corrected chi connectivity index (χ1v) is 7.99. The molecule has 0 saturated heterocycles. The smallest absolute Gasteiger partial charge is 0.334 e. The molecule has 0 heterocycles. The van der Waals surface area contributed by atoms with Gasteiger partial charge < -0.3 is 31.1 Å². The van der Waals surface area contributed by atoms with Crippen molar-refractivity contribution < 1.29 is 31.1 Å². The topological polar surface area (TPSA) is 27.7 Å². The Balaban J connectivity index is 0. The quantitative estimate of drug-likeness (QED) is 0.256. The van der Waals surface area contributed by atoms with E-state index in [0.29, 0.717) is 0 Å². The van der Waals surface area contributed by atoms with Gasteiger partial charge in [-0.3, -0.25) is 0 Å². The van der Waals surface area contributed by atoms with Gasteiger partial charge >= 0.3 is 5.97 Å². The van der Waals surface area contributed by atoms with Gasteiger partial charge in [0.2, 0.25) is 0 Å². The first-order valence-electron chi connectivity index (χ1n) is 6.58. The molecule has 0 aromatic rings. The lowest BCUT2D eigenvalue weighted by atomic mass is 10.2. The van der Waals surface area contributed by atoms with Crippen LogP contribution >= 0.6 is 0 Å². The van der Waals surface area contributed by atoms with Crippen molar-refractivity contribution in [2.45, 2.75) is 32.3 Å². The van der Waals surface area contributed by atoms with Crippen molar-refractivity contribution in [3.05, 3.63) is 0 Å². The Morgan fingerprint density at radius 2 is 1.44 bits per heavy atom. The number of hydrogen-bond acceptors (Lipinski definition) is 3. The van der Waals surface area contributed by atoms with Crippen LogP contribution in [0.15, 0.2) is 0 Å². The predicted molar refractivity (Wildman–Crippen MR) is 74.2 cm³/mol. The minimum absolute atomic E-state index is 0. The van der Waals surface area contributed by atoms with Crippen molar-refractivity contribution in [1.82, 2.24) is 0 Å². The van der Waals surface area contributed by atoms with Crippen LogP contribution in [0.1, 0.15) is 20.3 Å². The molecule has 4 nitrogen and oxygen atoms in total. The summed E-state index contributed by atoms with van der Waals surface area (Å²) in [5.74, 6) is -0.906. The SMILES string of the molecule is CC[N+](CC)(CCC[SiH3])CC(OC)(OC)OC.[Cl-]. The van der Waals surface area contributed by atoms with Gasteiger partial charge in [0.1, 0.15) is 0 Å². The summed E-state index contributed by atoms with van der Waals surface area (Å²) in [6.07, 6.45) is 1.28. The second-order valence-corrected chi connectivity index (χ2v) is 5.50. The summed E-state index contributed by atoms with van der Waals surface area (Å²) in [5, 5.41) is 0. The van der Waals surface area contributed by atoms with Gasteiger partial charge in [0, 0.05) is 31.6 Å². The third kappa shape index (κ3) is 5.55. The van der Waals surface area contributed by atoms with Crippen LogP contribution in [0.4, 0.5) is 0 Å². The summed E-state index contributed by atoms with van der Waals surface area (Å²) in [5.41, 5.74) is 0. The monoisotopic (exact) mass is 299 g/mol. The van der Waals surface area contributed by atoms with Crippen molar-refractivity contribution in [3.8, 4) is 0 Å². The van der Waals surface area contributed by atoms with Crippen LogP contribution < -0.4 is 12.4 Å². The molecule has 0 rings (SSSR count). The van der Waals surface area contributed by atoms with Crippen LogP contribution in [-0.4, -0.2) is 68.2 Å². The minimum Gasteiger partial charge on any atom is -1.00 e. The molecule has 0 saturated carbocycles. The van der Waals surface area contributed by atoms with Crippen LogP contribution in [0, 0.1) is 0 Å². The maximum absolute atomic E-state index is 5.42. The lowest BCUT2D eigenvalue weighted by Crippen LogP contribution is -3.00. The molecule has 0 N–H and O–H groups in total. The van der Waals surface area contributed by atoms with E-state index < -0.39 is 5.97 Å². The Hall–Kier alpha value is 0.347. The number of halogens is 1. The highest BCUT2D eigenvalue weighted by Crippen LogP contribution is 2.21. The van der Waals surface area contributed by atoms with E-state index in [9.17, 15) is 0 Å². The van der Waals surface area contributed by atoms with Crippen molar-refractivity contribution in [3.63, 3.8) is 0 Å². The molecule has 0 bridgehead atoms. The molecule has 0 unspecified atom stereocenters. The van der Waals surface area contributed by atoms with E-state index in [1.807, 2.05) is 0 Å². The summed E-state index contributed by atoms with van der Waals surface area (Å²) in [6.45, 7) is 8.52. The molecule has 0 spiro atoms. The molecule has 0 amide bonds. The second kappa shape index (κ2) is 10.2. The predicted octanol–water partition coefficient (Wildman–Crippen LogP) is -2.39. The van der Waals surface area contributed by atoms with Gasteiger partial charge in [-0.25, -0.2) is 0 Å². The molecule has 0 aliphatic heterocycles. The third-order valence-electron chi connectivity index (χ3n) is 3.79. The van der Waals surface area contributed by atoms with Crippen molar-refractivity contribution in [2.24, 2.45) is 0 Å². The van der Waals surface area contributed by atoms with Gasteiger partial charge in [-0.1, -0.05) is 6.04 Å². The Labute approximate surface area is 121 Å². The molecule has 6 heteroatoms. The van der Waals surface area contributed by atoms with Gasteiger partial charge in [-0.05, 0) is 20.3 Å². The molecule has 112 valence electrons. The number of rotatable bonds is 10. The number of quaternary nitrogens is 1. The van der Waals surface area contributed by atoms with Crippen molar-refractivity contribution in [2.75, 3.05) is 47.5 Å². The van der Waals surface area contributed by atoms with E-state index >= 15 is 0 Å². The average molecular weight is 300 g/mol. The molecule has 0 fully saturated rings. The number of nitrogens with zero attached hydrogens (tertiary/aromatic N) is 1. The van der Waals surface area contributed by atoms with Crippen molar-refractivity contribution in [1.29, 1.82) is 0 Å². The van der Waals surface area contributed by atoms with Crippen LogP contribution in [0.3, 0.4) is 0 Å². The molecule has 0 aliphatic rings. The summed E-state index contributed by atoms with van der Waals surface area (Å²) >= 11 is 0. The van der Waals surface area contributed by atoms with Gasteiger partial charge in [0.05, 0.1) is 19.6 Å². The first kappa shape index (κ1) is 20.7. The number of methoxy groups -OCH3 is 3. The lowest BCUT2D eigenvalue weighted by molar-refractivity contribution is -0.938. The van der Waals surface area contributed by atoms with Crippen LogP contribution in [-0.2, 0) is 14.2 Å². The molecular weight excluding hydrogens is 270 g/mol. The summed E-state index contributed by atoms with van der Waals surface area (Å²) in [7, 11) is 6.19. The number of ether oxygens (including phenoxy) is 3. The zero-order valence-corrected chi connectivity index (χ0v) is 15.5. The van der Waals surface area contributed by atoms with E-state index in [1.54, 1.807) is 21.3 Å². The molecule has 0 aromatic heterocycles. The molecular formula is C12H30ClNO3Si. The van der Waals surface area contributed by atoms with Crippen LogP contribution in [0.25, 0.3) is 0 Å². The average Bonchev–Trinajstić information content (AvgIpc) is 2.41. The summed E-state index contributed by atoms with van der Waals surface area (Å²) in [6, 6.07) is 1.35. The Morgan fingerprint density at radius 1 is 1.00 bits per heavy atom. The van der Waals surface area contributed by atoms with E-state index in [-0.39, 0.29) is 12.4 Å². The third-order valence-corrected chi connectivity index (χ3v) is 4.50. The van der Waals surface area contributed by atoms with Gasteiger partial charge in [0.15, 0.2) is 6.54 Å². The molecule has 0 radical (unpaired) electrons. The molecule has 0 atom stereocenters. The Morgan fingerprint density at radius 3 is 1.72 bits per heavy atom. The Bertz CT molecular complexity index is 191. The summed E-state index contributed by atoms with van der Waals surface area (Å²) in [4.78, 5) is 0. The highest BCUT2D eigenvalue weighted by Gasteiger charge is 2.40. The molecule has 0 aliphatic carbocycles. The largest absolute Gasteiger partial charge is 1.00 e. The number of likely N-dealkylation sites (N-methyl/N-ethyl adjacent to an activating group) is 1. The lowest BCUT2D eigenvalue weighted by Gasteiger charge is -2.42. The van der Waals surface area contributed by atoms with E-state index in [0.717, 1.165) is 24.1 Å². The van der Waals surface area contributed by atoms with Gasteiger partial charge in [0.25, 0.3) is 0 Å². The van der Waals surface area contributed by atoms with Crippen LogP contribution in [0.2, 0.25) is 6.04 Å².